The highest BCUT2D eigenvalue weighted by Crippen LogP contribution is 2.19. The van der Waals surface area contributed by atoms with Crippen LogP contribution in [0.1, 0.15) is 18.1 Å². The molecule has 0 spiro atoms. The number of carbonyl (C=O) groups is 3. The molecular weight excluding hydrogens is 397 g/mol. The van der Waals surface area contributed by atoms with Gasteiger partial charge in [-0.1, -0.05) is 30.3 Å². The van der Waals surface area contributed by atoms with Crippen molar-refractivity contribution in [1.29, 1.82) is 0 Å². The topological polar surface area (TPSA) is 139 Å². The third-order valence-corrected chi connectivity index (χ3v) is 4.27. The van der Waals surface area contributed by atoms with Crippen molar-refractivity contribution in [3.63, 3.8) is 0 Å². The molecule has 0 aliphatic heterocycles. The van der Waals surface area contributed by atoms with Crippen molar-refractivity contribution in [2.75, 3.05) is 0 Å². The van der Waals surface area contributed by atoms with Crippen LogP contribution in [0, 0.1) is 15.9 Å². The minimum Gasteiger partial charge on any atom is -0.480 e. The third kappa shape index (κ3) is 6.36. The van der Waals surface area contributed by atoms with Crippen molar-refractivity contribution >= 4 is 23.5 Å². The van der Waals surface area contributed by atoms with Gasteiger partial charge in [-0.25, -0.2) is 9.18 Å². The first-order valence-electron chi connectivity index (χ1n) is 8.94. The molecule has 158 valence electrons. The molecule has 10 heteroatoms. The van der Waals surface area contributed by atoms with Crippen molar-refractivity contribution in [3.8, 4) is 0 Å². The fraction of sp³-hybridized carbons (Fsp3) is 0.250. The summed E-state index contributed by atoms with van der Waals surface area (Å²) in [5.74, 6) is -3.14. The number of nitro groups is 1. The van der Waals surface area contributed by atoms with E-state index >= 15 is 0 Å². The average Bonchev–Trinajstić information content (AvgIpc) is 2.68. The van der Waals surface area contributed by atoms with E-state index in [1.807, 2.05) is 0 Å². The number of nitrogens with zero attached hydrogens (tertiary/aromatic N) is 1. The van der Waals surface area contributed by atoms with E-state index in [0.717, 1.165) is 0 Å². The Bertz CT molecular complexity index is 948. The lowest BCUT2D eigenvalue weighted by molar-refractivity contribution is -0.385. The second-order valence-corrected chi connectivity index (χ2v) is 6.57. The van der Waals surface area contributed by atoms with Crippen molar-refractivity contribution in [2.24, 2.45) is 0 Å². The molecular formula is C20H20FN3O6. The van der Waals surface area contributed by atoms with Crippen LogP contribution in [-0.4, -0.2) is 39.9 Å². The van der Waals surface area contributed by atoms with Gasteiger partial charge in [-0.05, 0) is 17.7 Å². The van der Waals surface area contributed by atoms with Crippen LogP contribution in [0.25, 0.3) is 0 Å². The normalized spacial score (nSPS) is 12.5. The van der Waals surface area contributed by atoms with Crippen LogP contribution in [-0.2, 0) is 27.2 Å². The Morgan fingerprint density at radius 3 is 2.23 bits per heavy atom. The summed E-state index contributed by atoms with van der Waals surface area (Å²) in [7, 11) is 0. The zero-order valence-electron chi connectivity index (χ0n) is 16.0. The summed E-state index contributed by atoms with van der Waals surface area (Å²) in [6.07, 6.45) is -0.314. The second kappa shape index (κ2) is 10.1. The van der Waals surface area contributed by atoms with Gasteiger partial charge in [-0.3, -0.25) is 19.7 Å². The van der Waals surface area contributed by atoms with Crippen LogP contribution >= 0.6 is 0 Å². The van der Waals surface area contributed by atoms with Crippen LogP contribution in [0.2, 0.25) is 0 Å². The first kappa shape index (κ1) is 22.5. The van der Waals surface area contributed by atoms with Gasteiger partial charge in [0.25, 0.3) is 5.69 Å². The third-order valence-electron chi connectivity index (χ3n) is 4.27. The quantitative estimate of drug-likeness (QED) is 0.418. The molecule has 2 aromatic carbocycles. The maximum atomic E-state index is 13.1. The van der Waals surface area contributed by atoms with Gasteiger partial charge in [0.2, 0.25) is 11.8 Å². The molecule has 2 amide bonds. The van der Waals surface area contributed by atoms with E-state index < -0.39 is 40.6 Å². The highest BCUT2D eigenvalue weighted by molar-refractivity contribution is 5.90. The number of carboxylic acids is 1. The van der Waals surface area contributed by atoms with Gasteiger partial charge in [0.1, 0.15) is 17.9 Å². The predicted molar refractivity (Wildman–Crippen MR) is 104 cm³/mol. The molecule has 0 bridgehead atoms. The van der Waals surface area contributed by atoms with Gasteiger partial charge in [0.05, 0.1) is 4.92 Å². The Hall–Kier alpha value is -3.82. The van der Waals surface area contributed by atoms with Crippen molar-refractivity contribution in [2.45, 2.75) is 31.8 Å². The highest BCUT2D eigenvalue weighted by Gasteiger charge is 2.28. The van der Waals surface area contributed by atoms with Gasteiger partial charge in [-0.15, -0.1) is 0 Å². The number of amides is 2. The van der Waals surface area contributed by atoms with Crippen LogP contribution < -0.4 is 10.6 Å². The molecule has 0 aliphatic carbocycles. The van der Waals surface area contributed by atoms with E-state index in [2.05, 4.69) is 10.6 Å². The number of aliphatic carboxylic acids is 1. The van der Waals surface area contributed by atoms with Crippen molar-refractivity contribution in [3.05, 3.63) is 75.6 Å². The Labute approximate surface area is 171 Å². The minimum absolute atomic E-state index is 0.00349. The predicted octanol–water partition coefficient (Wildman–Crippen LogP) is 1.59. The molecule has 0 saturated heterocycles. The highest BCUT2D eigenvalue weighted by atomic mass is 19.1. The van der Waals surface area contributed by atoms with Gasteiger partial charge >= 0.3 is 5.97 Å². The number of rotatable bonds is 9. The second-order valence-electron chi connectivity index (χ2n) is 6.57. The summed E-state index contributed by atoms with van der Waals surface area (Å²) in [6, 6.07) is 8.35. The minimum atomic E-state index is -1.46. The lowest BCUT2D eigenvalue weighted by atomic mass is 10.0. The maximum Gasteiger partial charge on any atom is 0.326 e. The molecule has 0 fully saturated rings. The van der Waals surface area contributed by atoms with E-state index in [4.69, 9.17) is 0 Å². The van der Waals surface area contributed by atoms with E-state index in [-0.39, 0.29) is 24.1 Å². The molecule has 0 aromatic heterocycles. The summed E-state index contributed by atoms with van der Waals surface area (Å²) in [4.78, 5) is 46.3. The number of benzene rings is 2. The molecule has 0 aliphatic rings. The number of nitro benzene ring substituents is 1. The van der Waals surface area contributed by atoms with E-state index in [0.29, 0.717) is 5.56 Å². The Kier molecular flexibility index (Phi) is 7.56. The zero-order valence-corrected chi connectivity index (χ0v) is 16.0. The Morgan fingerprint density at radius 1 is 1.03 bits per heavy atom. The Morgan fingerprint density at radius 2 is 1.67 bits per heavy atom. The smallest absolute Gasteiger partial charge is 0.326 e. The Balaban J connectivity index is 2.19. The van der Waals surface area contributed by atoms with Gasteiger partial charge in [-0.2, -0.15) is 0 Å². The first-order valence-corrected chi connectivity index (χ1v) is 8.94. The maximum absolute atomic E-state index is 13.1. The monoisotopic (exact) mass is 417 g/mol. The number of halogens is 1. The molecule has 9 nitrogen and oxygen atoms in total. The number of hydrogen-bond acceptors (Lipinski definition) is 5. The lowest BCUT2D eigenvalue weighted by Gasteiger charge is -2.21. The molecule has 0 saturated carbocycles. The largest absolute Gasteiger partial charge is 0.480 e. The lowest BCUT2D eigenvalue weighted by Crippen LogP contribution is -2.52. The summed E-state index contributed by atoms with van der Waals surface area (Å²) in [5.41, 5.74) is 0.434. The molecule has 0 radical (unpaired) electrons. The zero-order chi connectivity index (χ0) is 22.3. The SMILES string of the molecule is CC(=O)N[C@@H](Cc1ccc(F)cc1)C(=O)N[C@@H](Cc1ccccc1[N+](=O)[O-])C(=O)O. The van der Waals surface area contributed by atoms with Crippen LogP contribution in [0.5, 0.6) is 0 Å². The van der Waals surface area contributed by atoms with Gasteiger partial charge in [0.15, 0.2) is 0 Å². The summed E-state index contributed by atoms with van der Waals surface area (Å²) < 4.78 is 13.1. The van der Waals surface area contributed by atoms with Gasteiger partial charge in [0, 0.05) is 31.4 Å². The number of hydrogen-bond donors (Lipinski definition) is 3. The molecule has 2 atom stereocenters. The standard InChI is InChI=1S/C20H20FN3O6/c1-12(25)22-16(10-13-6-8-15(21)9-7-13)19(26)23-17(20(27)28)11-14-4-2-3-5-18(14)24(29)30/h2-9,16-17H,10-11H2,1H3,(H,22,25)(H,23,26)(H,27,28)/t16-,17-/m0/s1. The number of carbonyl (C=O) groups excluding carboxylic acids is 2. The number of nitrogens with one attached hydrogen (secondary N) is 2. The van der Waals surface area contributed by atoms with Crippen molar-refractivity contribution < 1.29 is 28.8 Å². The molecule has 2 rings (SSSR count). The van der Waals surface area contributed by atoms with Gasteiger partial charge < -0.3 is 15.7 Å². The molecule has 3 N–H and O–H groups in total. The molecule has 0 heterocycles. The molecule has 0 unspecified atom stereocenters. The molecule has 30 heavy (non-hydrogen) atoms. The number of carboxylic acid groups (broad SMARTS) is 1. The fourth-order valence-corrected chi connectivity index (χ4v) is 2.86. The van der Waals surface area contributed by atoms with E-state index in [1.165, 1.54) is 55.5 Å². The van der Waals surface area contributed by atoms with Crippen molar-refractivity contribution in [1.82, 2.24) is 10.6 Å². The number of para-hydroxylation sites is 1. The molecule has 2 aromatic rings. The van der Waals surface area contributed by atoms with Crippen LogP contribution in [0.4, 0.5) is 10.1 Å². The van der Waals surface area contributed by atoms with E-state index in [9.17, 15) is 34.0 Å². The van der Waals surface area contributed by atoms with E-state index in [1.54, 1.807) is 0 Å². The summed E-state index contributed by atoms with van der Waals surface area (Å²) in [6.45, 7) is 1.20. The first-order chi connectivity index (χ1) is 14.2. The summed E-state index contributed by atoms with van der Waals surface area (Å²) in [5, 5.41) is 25.4. The fourth-order valence-electron chi connectivity index (χ4n) is 2.86. The van der Waals surface area contributed by atoms with Crippen LogP contribution in [0.3, 0.4) is 0 Å². The van der Waals surface area contributed by atoms with Crippen LogP contribution in [0.15, 0.2) is 48.5 Å². The summed E-state index contributed by atoms with van der Waals surface area (Å²) >= 11 is 0. The average molecular weight is 417 g/mol.